The predicted molar refractivity (Wildman–Crippen MR) is 135 cm³/mol. The average Bonchev–Trinajstić information content (AvgIpc) is 3.19. The third-order valence-electron chi connectivity index (χ3n) is 5.42. The quantitative estimate of drug-likeness (QED) is 0.309. The van der Waals surface area contributed by atoms with Crippen molar-refractivity contribution in [3.8, 4) is 5.69 Å². The zero-order valence-corrected chi connectivity index (χ0v) is 21.1. The van der Waals surface area contributed by atoms with E-state index in [1.54, 1.807) is 37.3 Å². The molecular formula is C24H17F3IN5O4. The van der Waals surface area contributed by atoms with Gasteiger partial charge in [-0.15, -0.1) is 0 Å². The van der Waals surface area contributed by atoms with E-state index in [1.807, 2.05) is 22.6 Å². The molecule has 3 aromatic carbocycles. The molecule has 4 rings (SSSR count). The number of aromatic carboxylic acids is 1. The normalized spacial score (nSPS) is 11.4. The van der Waals surface area contributed by atoms with Crippen LogP contribution < -0.4 is 11.0 Å². The first-order valence-electron chi connectivity index (χ1n) is 10.6. The second kappa shape index (κ2) is 10.2. The Bertz CT molecular complexity index is 1560. The van der Waals surface area contributed by atoms with Gasteiger partial charge in [0.1, 0.15) is 0 Å². The molecule has 13 heteroatoms. The number of rotatable bonds is 6. The zero-order chi connectivity index (χ0) is 26.9. The van der Waals surface area contributed by atoms with Gasteiger partial charge in [-0.2, -0.15) is 22.5 Å². The number of hydrogen-bond acceptors (Lipinski definition) is 5. The minimum absolute atomic E-state index is 0.0221. The van der Waals surface area contributed by atoms with Crippen molar-refractivity contribution in [1.82, 2.24) is 19.8 Å². The number of carbonyl (C=O) groups is 2. The van der Waals surface area contributed by atoms with E-state index in [4.69, 9.17) is 0 Å². The highest BCUT2D eigenvalue weighted by Gasteiger charge is 2.30. The Balaban J connectivity index is 1.52. The molecule has 4 aromatic rings. The number of anilines is 1. The number of aromatic nitrogens is 4. The number of carboxylic acid groups (broad SMARTS) is 1. The molecule has 0 atom stereocenters. The molecule has 0 bridgehead atoms. The highest BCUT2D eigenvalue weighted by Crippen LogP contribution is 2.29. The number of aryl methyl sites for hydroxylation is 1. The third kappa shape index (κ3) is 5.55. The molecule has 37 heavy (non-hydrogen) atoms. The average molecular weight is 623 g/mol. The lowest BCUT2D eigenvalue weighted by Crippen LogP contribution is -2.25. The maximum Gasteiger partial charge on any atom is 0.416 e. The Morgan fingerprint density at radius 1 is 1.05 bits per heavy atom. The van der Waals surface area contributed by atoms with Crippen LogP contribution in [0, 0.1) is 10.5 Å². The van der Waals surface area contributed by atoms with Crippen molar-refractivity contribution in [2.45, 2.75) is 19.6 Å². The molecule has 1 amide bonds. The number of carboxylic acids is 1. The van der Waals surface area contributed by atoms with Gasteiger partial charge in [-0.1, -0.05) is 18.2 Å². The Hall–Kier alpha value is -4.01. The van der Waals surface area contributed by atoms with E-state index in [0.717, 1.165) is 33.6 Å². The number of amides is 1. The maximum absolute atomic E-state index is 12.8. The molecule has 0 aliphatic heterocycles. The van der Waals surface area contributed by atoms with Crippen LogP contribution in [0.2, 0.25) is 0 Å². The summed E-state index contributed by atoms with van der Waals surface area (Å²) in [6.07, 6.45) is -4.50. The molecule has 0 saturated heterocycles. The summed E-state index contributed by atoms with van der Waals surface area (Å²) >= 11 is 1.90. The van der Waals surface area contributed by atoms with Crippen LogP contribution in [-0.2, 0) is 12.7 Å². The van der Waals surface area contributed by atoms with E-state index in [9.17, 15) is 32.7 Å². The summed E-state index contributed by atoms with van der Waals surface area (Å²) in [5, 5.41) is 19.7. The van der Waals surface area contributed by atoms with Crippen molar-refractivity contribution < 1.29 is 27.9 Å². The summed E-state index contributed by atoms with van der Waals surface area (Å²) in [7, 11) is 0. The Labute approximate surface area is 220 Å². The second-order valence-electron chi connectivity index (χ2n) is 7.95. The fraction of sp³-hybridized carbons (Fsp3) is 0.125. The van der Waals surface area contributed by atoms with Gasteiger partial charge >= 0.3 is 17.8 Å². The van der Waals surface area contributed by atoms with Crippen molar-refractivity contribution in [3.63, 3.8) is 0 Å². The molecule has 0 spiro atoms. The molecular weight excluding hydrogens is 606 g/mol. The van der Waals surface area contributed by atoms with Gasteiger partial charge in [0.25, 0.3) is 5.91 Å². The topological polar surface area (TPSA) is 119 Å². The third-order valence-corrected chi connectivity index (χ3v) is 6.32. The van der Waals surface area contributed by atoms with Crippen LogP contribution in [0.3, 0.4) is 0 Å². The smallest absolute Gasteiger partial charge is 0.416 e. The highest BCUT2D eigenvalue weighted by molar-refractivity contribution is 14.1. The summed E-state index contributed by atoms with van der Waals surface area (Å²) < 4.78 is 40.8. The van der Waals surface area contributed by atoms with Gasteiger partial charge in [-0.05, 0) is 93.5 Å². The number of hydrogen-bond donors (Lipinski definition) is 2. The predicted octanol–water partition coefficient (Wildman–Crippen LogP) is 4.36. The fourth-order valence-electron chi connectivity index (χ4n) is 3.58. The first-order valence-corrected chi connectivity index (χ1v) is 11.7. The number of nitrogens with one attached hydrogen (secondary N) is 1. The number of benzene rings is 3. The SMILES string of the molecule is Cc1cc(Cn2nnn(-c3ccc(C(F)(F)F)cc3)c2=O)ccc1NC(=O)c1c(I)cccc1C(=O)O. The van der Waals surface area contributed by atoms with E-state index >= 15 is 0 Å². The molecule has 1 aromatic heterocycles. The van der Waals surface area contributed by atoms with Gasteiger partial charge in [0.2, 0.25) is 0 Å². The van der Waals surface area contributed by atoms with Crippen molar-refractivity contribution >= 4 is 40.2 Å². The molecule has 0 saturated carbocycles. The number of halogens is 4. The van der Waals surface area contributed by atoms with Crippen LogP contribution in [0.15, 0.2) is 65.5 Å². The monoisotopic (exact) mass is 623 g/mol. The van der Waals surface area contributed by atoms with Crippen LogP contribution >= 0.6 is 22.6 Å². The Morgan fingerprint density at radius 3 is 2.38 bits per heavy atom. The Kier molecular flexibility index (Phi) is 7.16. The number of nitrogens with zero attached hydrogens (tertiary/aromatic N) is 4. The number of carbonyl (C=O) groups excluding carboxylic acids is 1. The second-order valence-corrected chi connectivity index (χ2v) is 9.11. The van der Waals surface area contributed by atoms with Crippen LogP contribution in [0.5, 0.6) is 0 Å². The molecule has 1 heterocycles. The summed E-state index contributed by atoms with van der Waals surface area (Å²) in [6, 6.07) is 13.5. The Morgan fingerprint density at radius 2 is 1.76 bits per heavy atom. The lowest BCUT2D eigenvalue weighted by molar-refractivity contribution is -0.137. The minimum Gasteiger partial charge on any atom is -0.478 e. The molecule has 0 aliphatic carbocycles. The summed E-state index contributed by atoms with van der Waals surface area (Å²) in [4.78, 5) is 37.1. The molecule has 190 valence electrons. The van der Waals surface area contributed by atoms with Crippen LogP contribution in [0.4, 0.5) is 18.9 Å². The zero-order valence-electron chi connectivity index (χ0n) is 19.0. The van der Waals surface area contributed by atoms with Gasteiger partial charge in [0, 0.05) is 9.26 Å². The molecule has 9 nitrogen and oxygen atoms in total. The minimum atomic E-state index is -4.50. The molecule has 2 N–H and O–H groups in total. The van der Waals surface area contributed by atoms with Crippen molar-refractivity contribution in [2.75, 3.05) is 5.32 Å². The molecule has 0 radical (unpaired) electrons. The van der Waals surface area contributed by atoms with Crippen molar-refractivity contribution in [2.24, 2.45) is 0 Å². The standard InChI is InChI=1S/C24H17F3IN5O4/c1-13-11-14(5-10-19(13)29-21(34)20-17(22(35)36)3-2-4-18(20)28)12-32-23(37)33(31-30-32)16-8-6-15(7-9-16)24(25,26)27/h2-11H,12H2,1H3,(H,29,34)(H,35,36). The first-order chi connectivity index (χ1) is 17.5. The molecule has 0 unspecified atom stereocenters. The summed E-state index contributed by atoms with van der Waals surface area (Å²) in [6.45, 7) is 1.75. The fourth-order valence-corrected chi connectivity index (χ4v) is 4.33. The first kappa shape index (κ1) is 26.1. The lowest BCUT2D eigenvalue weighted by Gasteiger charge is -2.12. The van der Waals surface area contributed by atoms with Gasteiger partial charge in [-0.3, -0.25) is 4.79 Å². The maximum atomic E-state index is 12.8. The van der Waals surface area contributed by atoms with Gasteiger partial charge in [0.15, 0.2) is 0 Å². The lowest BCUT2D eigenvalue weighted by atomic mass is 10.1. The van der Waals surface area contributed by atoms with Crippen LogP contribution in [0.25, 0.3) is 5.69 Å². The summed E-state index contributed by atoms with van der Waals surface area (Å²) in [5.41, 5.74) is 0.324. The largest absolute Gasteiger partial charge is 0.478 e. The summed E-state index contributed by atoms with van der Waals surface area (Å²) in [5.74, 6) is -1.79. The molecule has 0 aliphatic rings. The van der Waals surface area contributed by atoms with Gasteiger partial charge in [-0.25, -0.2) is 9.59 Å². The number of alkyl halides is 3. The van der Waals surface area contributed by atoms with Crippen molar-refractivity contribution in [1.29, 1.82) is 0 Å². The van der Waals surface area contributed by atoms with Crippen LogP contribution in [0.1, 0.15) is 37.4 Å². The van der Waals surface area contributed by atoms with Gasteiger partial charge in [0.05, 0.1) is 28.9 Å². The van der Waals surface area contributed by atoms with E-state index in [1.165, 1.54) is 6.07 Å². The van der Waals surface area contributed by atoms with Crippen molar-refractivity contribution in [3.05, 3.63) is 103 Å². The van der Waals surface area contributed by atoms with Crippen LogP contribution in [-0.4, -0.2) is 36.8 Å². The van der Waals surface area contributed by atoms with E-state index in [0.29, 0.717) is 20.4 Å². The van der Waals surface area contributed by atoms with Gasteiger partial charge < -0.3 is 10.4 Å². The molecule has 0 fully saturated rings. The van der Waals surface area contributed by atoms with E-state index < -0.39 is 29.3 Å². The number of tetrazole rings is 1. The van der Waals surface area contributed by atoms with E-state index in [2.05, 4.69) is 15.7 Å². The highest BCUT2D eigenvalue weighted by atomic mass is 127. The van der Waals surface area contributed by atoms with E-state index in [-0.39, 0.29) is 23.4 Å².